The van der Waals surface area contributed by atoms with Crippen molar-refractivity contribution < 1.29 is 4.74 Å². The molecule has 2 nitrogen and oxygen atoms in total. The van der Waals surface area contributed by atoms with E-state index in [-0.39, 0.29) is 5.60 Å². The van der Waals surface area contributed by atoms with Crippen molar-refractivity contribution in [1.82, 2.24) is 4.90 Å². The summed E-state index contributed by atoms with van der Waals surface area (Å²) < 4.78 is 6.42. The van der Waals surface area contributed by atoms with Gasteiger partial charge in [-0.05, 0) is 45.0 Å². The zero-order valence-corrected chi connectivity index (χ0v) is 12.5. The van der Waals surface area contributed by atoms with E-state index in [0.717, 1.165) is 30.2 Å². The first-order chi connectivity index (χ1) is 9.11. The molecule has 2 atom stereocenters. The molecule has 2 aliphatic rings. The lowest BCUT2D eigenvalue weighted by Crippen LogP contribution is -2.48. The lowest BCUT2D eigenvalue weighted by molar-refractivity contribution is -0.0149. The van der Waals surface area contributed by atoms with Crippen LogP contribution in [0.4, 0.5) is 0 Å². The van der Waals surface area contributed by atoms with Crippen LogP contribution in [0.3, 0.4) is 0 Å². The van der Waals surface area contributed by atoms with E-state index in [9.17, 15) is 0 Å². The van der Waals surface area contributed by atoms with Gasteiger partial charge in [-0.25, -0.2) is 0 Å². The summed E-state index contributed by atoms with van der Waals surface area (Å²) in [5.74, 6) is 1.55. The Labute approximate surface area is 120 Å². The van der Waals surface area contributed by atoms with Crippen molar-refractivity contribution in [2.45, 2.75) is 37.7 Å². The average Bonchev–Trinajstić information content (AvgIpc) is 2.73. The number of rotatable bonds is 2. The van der Waals surface area contributed by atoms with Crippen LogP contribution in [0.1, 0.15) is 31.2 Å². The predicted octanol–water partition coefficient (Wildman–Crippen LogP) is 3.77. The average molecular weight is 280 g/mol. The van der Waals surface area contributed by atoms with E-state index >= 15 is 0 Å². The Bertz CT molecular complexity index is 474. The summed E-state index contributed by atoms with van der Waals surface area (Å²) in [6, 6.07) is 6.13. The van der Waals surface area contributed by atoms with Gasteiger partial charge in [0.2, 0.25) is 0 Å². The quantitative estimate of drug-likeness (QED) is 0.817. The molecule has 1 aliphatic carbocycles. The minimum atomic E-state index is -0.00412. The highest BCUT2D eigenvalue weighted by Crippen LogP contribution is 2.48. The van der Waals surface area contributed by atoms with Gasteiger partial charge in [0.1, 0.15) is 11.4 Å². The van der Waals surface area contributed by atoms with Gasteiger partial charge in [0.25, 0.3) is 0 Å². The smallest absolute Gasteiger partial charge is 0.142 e. The zero-order valence-electron chi connectivity index (χ0n) is 11.8. The molecule has 0 N–H and O–H groups in total. The molecule has 0 radical (unpaired) electrons. The number of ether oxygens (including phenoxy) is 1. The summed E-state index contributed by atoms with van der Waals surface area (Å²) in [5, 5.41) is 0.767. The van der Waals surface area contributed by atoms with Crippen molar-refractivity contribution in [3.8, 4) is 5.75 Å². The van der Waals surface area contributed by atoms with E-state index < -0.39 is 0 Å². The van der Waals surface area contributed by atoms with Gasteiger partial charge in [0.15, 0.2) is 0 Å². The van der Waals surface area contributed by atoms with Crippen molar-refractivity contribution in [1.29, 1.82) is 0 Å². The molecular weight excluding hydrogens is 258 g/mol. The molecule has 0 unspecified atom stereocenters. The van der Waals surface area contributed by atoms with E-state index in [1.807, 2.05) is 12.1 Å². The molecule has 0 amide bonds. The Morgan fingerprint density at radius 1 is 1.37 bits per heavy atom. The normalized spacial score (nSPS) is 29.6. The second kappa shape index (κ2) is 4.99. The van der Waals surface area contributed by atoms with Crippen molar-refractivity contribution in [2.24, 2.45) is 5.92 Å². The summed E-state index contributed by atoms with van der Waals surface area (Å²) in [4.78, 5) is 2.28. The van der Waals surface area contributed by atoms with Crippen LogP contribution in [0.2, 0.25) is 5.02 Å². The maximum absolute atomic E-state index is 6.42. The van der Waals surface area contributed by atoms with Crippen LogP contribution in [-0.2, 0) is 6.42 Å². The highest BCUT2D eigenvalue weighted by Gasteiger charge is 2.47. The maximum atomic E-state index is 6.42. The van der Waals surface area contributed by atoms with E-state index in [1.54, 1.807) is 0 Å². The second-order valence-corrected chi connectivity index (χ2v) is 6.68. The Morgan fingerprint density at radius 2 is 2.21 bits per heavy atom. The fourth-order valence-corrected chi connectivity index (χ4v) is 3.95. The highest BCUT2D eigenvalue weighted by molar-refractivity contribution is 6.32. The second-order valence-electron chi connectivity index (χ2n) is 6.28. The first kappa shape index (κ1) is 13.3. The number of benzene rings is 1. The fourth-order valence-electron chi connectivity index (χ4n) is 3.72. The highest BCUT2D eigenvalue weighted by atomic mass is 35.5. The van der Waals surface area contributed by atoms with Gasteiger partial charge in [-0.1, -0.05) is 30.2 Å². The van der Waals surface area contributed by atoms with Crippen molar-refractivity contribution in [2.75, 3.05) is 20.6 Å². The van der Waals surface area contributed by atoms with Gasteiger partial charge in [0.05, 0.1) is 5.02 Å². The van der Waals surface area contributed by atoms with Crippen LogP contribution >= 0.6 is 11.6 Å². The SMILES string of the molecule is CN(C)C[C@H]1CCCC[C@]12Cc1cccc(Cl)c1O2. The summed E-state index contributed by atoms with van der Waals surface area (Å²) in [6.07, 6.45) is 6.06. The van der Waals surface area contributed by atoms with Gasteiger partial charge < -0.3 is 9.64 Å². The van der Waals surface area contributed by atoms with Gasteiger partial charge in [0, 0.05) is 18.9 Å². The van der Waals surface area contributed by atoms with Crippen LogP contribution in [0.25, 0.3) is 0 Å². The molecule has 1 saturated carbocycles. The van der Waals surface area contributed by atoms with Crippen molar-refractivity contribution >= 4 is 11.6 Å². The van der Waals surface area contributed by atoms with Gasteiger partial charge >= 0.3 is 0 Å². The molecule has 1 spiro atoms. The molecule has 3 heteroatoms. The Balaban J connectivity index is 1.89. The molecule has 19 heavy (non-hydrogen) atoms. The maximum Gasteiger partial charge on any atom is 0.142 e. The minimum absolute atomic E-state index is 0.00412. The molecule has 1 heterocycles. The number of nitrogens with zero attached hydrogens (tertiary/aromatic N) is 1. The molecule has 0 aromatic heterocycles. The number of hydrogen-bond acceptors (Lipinski definition) is 2. The summed E-state index contributed by atoms with van der Waals surface area (Å²) in [7, 11) is 4.30. The molecule has 3 rings (SSSR count). The number of para-hydroxylation sites is 1. The van der Waals surface area contributed by atoms with Crippen LogP contribution in [0.15, 0.2) is 18.2 Å². The third-order valence-electron chi connectivity index (χ3n) is 4.58. The predicted molar refractivity (Wildman–Crippen MR) is 79.0 cm³/mol. The van der Waals surface area contributed by atoms with Crippen LogP contribution in [-0.4, -0.2) is 31.1 Å². The molecular formula is C16H22ClNO. The molecule has 104 valence electrons. The van der Waals surface area contributed by atoms with Crippen LogP contribution in [0, 0.1) is 5.92 Å². The summed E-state index contributed by atoms with van der Waals surface area (Å²) in [6.45, 7) is 1.10. The standard InChI is InChI=1S/C16H22ClNO/c1-18(2)11-13-7-3-4-9-16(13)10-12-6-5-8-14(17)15(12)19-16/h5-6,8,13H,3-4,7,9-11H2,1-2H3/t13-,16+/m1/s1. The lowest BCUT2D eigenvalue weighted by Gasteiger charge is -2.42. The number of halogens is 1. The van der Waals surface area contributed by atoms with Crippen molar-refractivity contribution in [3.63, 3.8) is 0 Å². The monoisotopic (exact) mass is 279 g/mol. The fraction of sp³-hybridized carbons (Fsp3) is 0.625. The van der Waals surface area contributed by atoms with E-state index in [2.05, 4.69) is 25.1 Å². The van der Waals surface area contributed by atoms with E-state index in [0.29, 0.717) is 5.92 Å². The molecule has 1 aromatic rings. The zero-order chi connectivity index (χ0) is 13.5. The molecule has 0 saturated heterocycles. The summed E-state index contributed by atoms with van der Waals surface area (Å²) in [5.41, 5.74) is 1.29. The Hall–Kier alpha value is -0.730. The summed E-state index contributed by atoms with van der Waals surface area (Å²) >= 11 is 6.29. The third kappa shape index (κ3) is 2.36. The van der Waals surface area contributed by atoms with Crippen LogP contribution in [0.5, 0.6) is 5.75 Å². The van der Waals surface area contributed by atoms with Gasteiger partial charge in [-0.2, -0.15) is 0 Å². The van der Waals surface area contributed by atoms with E-state index in [1.165, 1.54) is 24.8 Å². The van der Waals surface area contributed by atoms with Crippen molar-refractivity contribution in [3.05, 3.63) is 28.8 Å². The van der Waals surface area contributed by atoms with Gasteiger partial charge in [-0.3, -0.25) is 0 Å². The van der Waals surface area contributed by atoms with Gasteiger partial charge in [-0.15, -0.1) is 0 Å². The molecule has 1 aliphatic heterocycles. The Kier molecular flexibility index (Phi) is 3.48. The molecule has 1 aromatic carbocycles. The Morgan fingerprint density at radius 3 is 2.95 bits per heavy atom. The van der Waals surface area contributed by atoms with Crippen LogP contribution < -0.4 is 4.74 Å². The first-order valence-electron chi connectivity index (χ1n) is 7.22. The largest absolute Gasteiger partial charge is 0.485 e. The first-order valence-corrected chi connectivity index (χ1v) is 7.60. The number of fused-ring (bicyclic) bond motifs is 1. The minimum Gasteiger partial charge on any atom is -0.485 e. The molecule has 1 fully saturated rings. The number of hydrogen-bond donors (Lipinski definition) is 0. The third-order valence-corrected chi connectivity index (χ3v) is 4.87. The van der Waals surface area contributed by atoms with E-state index in [4.69, 9.17) is 16.3 Å². The lowest BCUT2D eigenvalue weighted by atomic mass is 9.73. The molecule has 0 bridgehead atoms. The topological polar surface area (TPSA) is 12.5 Å².